The number of esters is 1. The molecule has 0 spiro atoms. The maximum Gasteiger partial charge on any atom is 0.341 e. The van der Waals surface area contributed by atoms with Crippen LogP contribution in [0.1, 0.15) is 49.2 Å². The average molecular weight is 749 g/mol. The molecule has 6 rings (SSSR count). The van der Waals surface area contributed by atoms with E-state index in [1.165, 1.54) is 60.0 Å². The van der Waals surface area contributed by atoms with E-state index in [9.17, 15) is 23.6 Å². The number of benzene rings is 4. The molecule has 1 aliphatic heterocycles. The number of methoxy groups -OCH3 is 1. The molecule has 0 saturated heterocycles. The molecule has 12 heteroatoms. The Hall–Kier alpha value is -5.56. The van der Waals surface area contributed by atoms with Gasteiger partial charge in [-0.2, -0.15) is 0 Å². The molecular weight excluding hydrogens is 712 g/mol. The highest BCUT2D eigenvalue weighted by molar-refractivity contribution is 8.00. The number of thiophene rings is 1. The highest BCUT2D eigenvalue weighted by atomic mass is 32.2. The highest BCUT2D eigenvalue weighted by Crippen LogP contribution is 2.38. The van der Waals surface area contributed by atoms with E-state index in [-0.39, 0.29) is 17.2 Å². The number of hydrogen-bond acceptors (Lipinski definition) is 8. The van der Waals surface area contributed by atoms with Gasteiger partial charge in [-0.1, -0.05) is 72.8 Å². The van der Waals surface area contributed by atoms with Crippen molar-refractivity contribution in [2.24, 2.45) is 0 Å². The Morgan fingerprint density at radius 2 is 1.64 bits per heavy atom. The Morgan fingerprint density at radius 3 is 2.38 bits per heavy atom. The zero-order valence-corrected chi connectivity index (χ0v) is 30.7. The van der Waals surface area contributed by atoms with E-state index >= 15 is 0 Å². The number of nitrogens with one attached hydrogen (secondary N) is 3. The maximum absolute atomic E-state index is 14.6. The summed E-state index contributed by atoms with van der Waals surface area (Å²) in [6.45, 7) is 3.97. The van der Waals surface area contributed by atoms with Gasteiger partial charge in [0, 0.05) is 46.2 Å². The quantitative estimate of drug-likeness (QED) is 0.0679. The van der Waals surface area contributed by atoms with Crippen LogP contribution in [0.15, 0.2) is 120 Å². The minimum absolute atomic E-state index is 0.126. The van der Waals surface area contributed by atoms with Crippen LogP contribution in [0.25, 0.3) is 6.08 Å². The van der Waals surface area contributed by atoms with Gasteiger partial charge in [0.25, 0.3) is 11.8 Å². The second-order valence-corrected chi connectivity index (χ2v) is 14.8. The molecule has 1 aromatic heterocycles. The van der Waals surface area contributed by atoms with E-state index in [1.54, 1.807) is 61.5 Å². The predicted molar refractivity (Wildman–Crippen MR) is 207 cm³/mol. The van der Waals surface area contributed by atoms with Crippen LogP contribution in [0.5, 0.6) is 0 Å². The SMILES string of the molecule is COC(=O)c1c(NC(=O)C(C)Sc2cccc(NC(=O)/C(=C/c3ccccc3F)NC(=O)c3ccccc3)c2)sc2c1CCN(Cc1ccccc1)C2. The molecule has 1 aliphatic rings. The number of thioether (sulfide) groups is 1. The van der Waals surface area contributed by atoms with E-state index in [1.807, 2.05) is 24.3 Å². The largest absolute Gasteiger partial charge is 0.465 e. The van der Waals surface area contributed by atoms with Gasteiger partial charge in [-0.3, -0.25) is 19.3 Å². The lowest BCUT2D eigenvalue weighted by molar-refractivity contribution is -0.115. The van der Waals surface area contributed by atoms with Gasteiger partial charge in [-0.15, -0.1) is 23.1 Å². The normalized spacial score (nSPS) is 13.4. The van der Waals surface area contributed by atoms with Gasteiger partial charge < -0.3 is 20.7 Å². The molecule has 5 aromatic rings. The van der Waals surface area contributed by atoms with Gasteiger partial charge >= 0.3 is 5.97 Å². The summed E-state index contributed by atoms with van der Waals surface area (Å²) in [5, 5.41) is 8.26. The number of carbonyl (C=O) groups is 4. The number of carbonyl (C=O) groups excluding carboxylic acids is 4. The van der Waals surface area contributed by atoms with Crippen molar-refractivity contribution in [3.63, 3.8) is 0 Å². The molecule has 0 saturated carbocycles. The van der Waals surface area contributed by atoms with Gasteiger partial charge in [0.15, 0.2) is 0 Å². The fourth-order valence-corrected chi connectivity index (χ4v) is 8.05. The van der Waals surface area contributed by atoms with E-state index in [4.69, 9.17) is 4.74 Å². The third kappa shape index (κ3) is 9.46. The van der Waals surface area contributed by atoms with E-state index < -0.39 is 28.9 Å². The van der Waals surface area contributed by atoms with Gasteiger partial charge in [0.2, 0.25) is 5.91 Å². The van der Waals surface area contributed by atoms with Crippen LogP contribution in [0.3, 0.4) is 0 Å². The van der Waals surface area contributed by atoms with Crippen molar-refractivity contribution in [2.75, 3.05) is 24.3 Å². The van der Waals surface area contributed by atoms with Crippen LogP contribution in [0.4, 0.5) is 15.1 Å². The maximum atomic E-state index is 14.6. The number of amides is 3. The molecule has 0 aliphatic carbocycles. The molecule has 1 unspecified atom stereocenters. The van der Waals surface area contributed by atoms with Gasteiger partial charge in [0.1, 0.15) is 16.5 Å². The van der Waals surface area contributed by atoms with Crippen molar-refractivity contribution in [1.29, 1.82) is 0 Å². The van der Waals surface area contributed by atoms with Crippen LogP contribution < -0.4 is 16.0 Å². The molecular formula is C41H37FN4O5S2. The number of ether oxygens (including phenoxy) is 1. The summed E-state index contributed by atoms with van der Waals surface area (Å²) in [5.74, 6) is -2.53. The fraction of sp³-hybridized carbons (Fsp3) is 0.171. The minimum atomic E-state index is -0.662. The Kier molecular flexibility index (Phi) is 12.1. The van der Waals surface area contributed by atoms with Crippen LogP contribution in [-0.4, -0.2) is 47.5 Å². The average Bonchev–Trinajstić information content (AvgIpc) is 3.52. The van der Waals surface area contributed by atoms with Gasteiger partial charge in [-0.05, 0) is 66.9 Å². The summed E-state index contributed by atoms with van der Waals surface area (Å²) in [6, 6.07) is 31.4. The zero-order chi connectivity index (χ0) is 37.3. The first kappa shape index (κ1) is 37.2. The summed E-state index contributed by atoms with van der Waals surface area (Å²) in [6.07, 6.45) is 1.94. The molecule has 1 atom stereocenters. The molecule has 0 radical (unpaired) electrons. The van der Waals surface area contributed by atoms with Gasteiger partial charge in [0.05, 0.1) is 17.9 Å². The van der Waals surface area contributed by atoms with Crippen LogP contribution in [0, 0.1) is 5.82 Å². The molecule has 4 aromatic carbocycles. The molecule has 2 heterocycles. The smallest absolute Gasteiger partial charge is 0.341 e. The summed E-state index contributed by atoms with van der Waals surface area (Å²) < 4.78 is 19.7. The molecule has 0 bridgehead atoms. The third-order valence-electron chi connectivity index (χ3n) is 8.52. The molecule has 53 heavy (non-hydrogen) atoms. The number of nitrogens with zero attached hydrogens (tertiary/aromatic N) is 1. The lowest BCUT2D eigenvalue weighted by atomic mass is 10.0. The molecule has 0 fully saturated rings. The summed E-state index contributed by atoms with van der Waals surface area (Å²) >= 11 is 2.67. The standard InChI is InChI=1S/C41H37FN4O5S2/c1-26(37(47)45-40-36(41(50)51-2)32-20-21-46(25-35(32)53-40)24-27-12-5-3-6-13-27)52-31-18-11-17-30(23-31)43-39(49)34(22-29-16-9-10-19-33(29)42)44-38(48)28-14-7-4-8-15-28/h3-19,22-23,26H,20-21,24-25H2,1-2H3,(H,43,49)(H,44,48)(H,45,47)/b34-22-. The topological polar surface area (TPSA) is 117 Å². The van der Waals surface area contributed by atoms with Crippen molar-refractivity contribution < 1.29 is 28.3 Å². The van der Waals surface area contributed by atoms with Crippen LogP contribution >= 0.6 is 23.1 Å². The summed E-state index contributed by atoms with van der Waals surface area (Å²) in [4.78, 5) is 57.0. The number of fused-ring (bicyclic) bond motifs is 1. The molecule has 3 N–H and O–H groups in total. The Balaban J connectivity index is 1.14. The first-order valence-electron chi connectivity index (χ1n) is 16.9. The number of anilines is 2. The van der Waals surface area contributed by atoms with E-state index in [0.29, 0.717) is 39.7 Å². The lowest BCUT2D eigenvalue weighted by Gasteiger charge is -2.27. The van der Waals surface area contributed by atoms with Crippen molar-refractivity contribution >= 4 is 63.6 Å². The van der Waals surface area contributed by atoms with Crippen LogP contribution in [-0.2, 0) is 33.8 Å². The Bertz CT molecular complexity index is 2160. The molecule has 9 nitrogen and oxygen atoms in total. The van der Waals surface area contributed by atoms with Crippen molar-refractivity contribution in [2.45, 2.75) is 36.6 Å². The van der Waals surface area contributed by atoms with Crippen molar-refractivity contribution in [3.05, 3.63) is 153 Å². The first-order chi connectivity index (χ1) is 25.7. The second-order valence-electron chi connectivity index (χ2n) is 12.3. The second kappa shape index (κ2) is 17.3. The number of hydrogen-bond donors (Lipinski definition) is 3. The first-order valence-corrected chi connectivity index (χ1v) is 18.6. The van der Waals surface area contributed by atoms with Crippen molar-refractivity contribution in [1.82, 2.24) is 10.2 Å². The van der Waals surface area contributed by atoms with E-state index in [2.05, 4.69) is 33.0 Å². The summed E-state index contributed by atoms with van der Waals surface area (Å²) in [5.41, 5.74) is 3.23. The third-order valence-corrected chi connectivity index (χ3v) is 10.7. The predicted octanol–water partition coefficient (Wildman–Crippen LogP) is 7.76. The fourth-order valence-electron chi connectivity index (χ4n) is 5.85. The Morgan fingerprint density at radius 1 is 0.925 bits per heavy atom. The monoisotopic (exact) mass is 748 g/mol. The molecule has 3 amide bonds. The Labute approximate surface area is 315 Å². The highest BCUT2D eigenvalue weighted by Gasteiger charge is 2.30. The summed E-state index contributed by atoms with van der Waals surface area (Å²) in [7, 11) is 1.34. The zero-order valence-electron chi connectivity index (χ0n) is 29.1. The van der Waals surface area contributed by atoms with Crippen LogP contribution in [0.2, 0.25) is 0 Å². The van der Waals surface area contributed by atoms with Gasteiger partial charge in [-0.25, -0.2) is 9.18 Å². The minimum Gasteiger partial charge on any atom is -0.465 e. The van der Waals surface area contributed by atoms with Crippen molar-refractivity contribution in [3.8, 4) is 0 Å². The number of halogens is 1. The number of rotatable bonds is 12. The molecule has 270 valence electrons. The lowest BCUT2D eigenvalue weighted by Crippen LogP contribution is -2.30. The van der Waals surface area contributed by atoms with E-state index in [0.717, 1.165) is 23.5 Å².